The van der Waals surface area contributed by atoms with Crippen LogP contribution in [0.1, 0.15) is 12.5 Å². The molecule has 82 valence electrons. The van der Waals surface area contributed by atoms with Crippen LogP contribution >= 0.6 is 0 Å². The van der Waals surface area contributed by atoms with E-state index in [4.69, 9.17) is 9.84 Å². The van der Waals surface area contributed by atoms with Crippen molar-refractivity contribution in [2.75, 3.05) is 7.11 Å². The van der Waals surface area contributed by atoms with Crippen LogP contribution in [0.15, 0.2) is 18.2 Å². The Hall–Kier alpha value is -1.78. The highest BCUT2D eigenvalue weighted by Gasteiger charge is 2.35. The van der Waals surface area contributed by atoms with Gasteiger partial charge in [0.2, 0.25) is 5.67 Å². The molecular weight excluding hydrogens is 203 g/mol. The molecule has 4 nitrogen and oxygen atoms in total. The van der Waals surface area contributed by atoms with Crippen LogP contribution in [0.3, 0.4) is 0 Å². The molecule has 0 heterocycles. The van der Waals surface area contributed by atoms with E-state index in [0.717, 1.165) is 13.0 Å². The molecule has 1 aromatic carbocycles. The predicted molar refractivity (Wildman–Crippen MR) is 50.8 cm³/mol. The van der Waals surface area contributed by atoms with Crippen molar-refractivity contribution in [1.82, 2.24) is 0 Å². The number of alkyl halides is 1. The highest BCUT2D eigenvalue weighted by Crippen LogP contribution is 2.33. The van der Waals surface area contributed by atoms with Gasteiger partial charge >= 0.3 is 5.97 Å². The van der Waals surface area contributed by atoms with Crippen LogP contribution < -0.4 is 4.74 Å². The maximum Gasteiger partial charge on any atom is 0.345 e. The number of aromatic hydroxyl groups is 1. The maximum absolute atomic E-state index is 13.7. The van der Waals surface area contributed by atoms with Crippen LogP contribution in [0, 0.1) is 0 Å². The molecule has 2 N–H and O–H groups in total. The van der Waals surface area contributed by atoms with Gasteiger partial charge in [-0.3, -0.25) is 0 Å². The fraction of sp³-hybridized carbons (Fsp3) is 0.300. The van der Waals surface area contributed by atoms with Crippen molar-refractivity contribution < 1.29 is 24.1 Å². The van der Waals surface area contributed by atoms with Crippen LogP contribution in [0.4, 0.5) is 4.39 Å². The fourth-order valence-corrected chi connectivity index (χ4v) is 1.09. The second kappa shape index (κ2) is 3.76. The van der Waals surface area contributed by atoms with Crippen molar-refractivity contribution in [2.45, 2.75) is 12.6 Å². The number of rotatable bonds is 3. The Morgan fingerprint density at radius 2 is 2.13 bits per heavy atom. The Balaban J connectivity index is 3.22. The summed E-state index contributed by atoms with van der Waals surface area (Å²) in [5, 5.41) is 17.9. The Morgan fingerprint density at radius 1 is 1.53 bits per heavy atom. The van der Waals surface area contributed by atoms with Gasteiger partial charge in [0.05, 0.1) is 7.11 Å². The van der Waals surface area contributed by atoms with E-state index in [-0.39, 0.29) is 17.1 Å². The minimum absolute atomic E-state index is 0.0395. The third-order valence-electron chi connectivity index (χ3n) is 2.12. The zero-order valence-corrected chi connectivity index (χ0v) is 8.32. The SMILES string of the molecule is COc1cc(C(C)(F)C(=O)O)ccc1O. The van der Waals surface area contributed by atoms with Gasteiger partial charge in [0.1, 0.15) is 0 Å². The Kier molecular flexibility index (Phi) is 2.83. The van der Waals surface area contributed by atoms with Gasteiger partial charge in [0.15, 0.2) is 11.5 Å². The number of aliphatic carboxylic acids is 1. The lowest BCUT2D eigenvalue weighted by Crippen LogP contribution is -2.26. The van der Waals surface area contributed by atoms with E-state index in [1.54, 1.807) is 0 Å². The van der Waals surface area contributed by atoms with Crippen LogP contribution in [-0.4, -0.2) is 23.3 Å². The van der Waals surface area contributed by atoms with E-state index in [1.807, 2.05) is 0 Å². The van der Waals surface area contributed by atoms with Crippen molar-refractivity contribution in [3.05, 3.63) is 23.8 Å². The van der Waals surface area contributed by atoms with Gasteiger partial charge in [-0.1, -0.05) is 6.07 Å². The zero-order chi connectivity index (χ0) is 11.6. The van der Waals surface area contributed by atoms with Gasteiger partial charge in [-0.25, -0.2) is 9.18 Å². The highest BCUT2D eigenvalue weighted by atomic mass is 19.1. The quantitative estimate of drug-likeness (QED) is 0.803. The summed E-state index contributed by atoms with van der Waals surface area (Å²) in [6.45, 7) is 0.932. The third-order valence-corrected chi connectivity index (χ3v) is 2.12. The van der Waals surface area contributed by atoms with E-state index < -0.39 is 11.6 Å². The first-order valence-electron chi connectivity index (χ1n) is 4.19. The molecule has 0 aromatic heterocycles. The molecular formula is C10H11FO4. The average Bonchev–Trinajstić information content (AvgIpc) is 2.18. The first kappa shape index (κ1) is 11.3. The van der Waals surface area contributed by atoms with Crippen molar-refractivity contribution in [2.24, 2.45) is 0 Å². The maximum atomic E-state index is 13.7. The number of carboxylic acids is 1. The number of carboxylic acid groups (broad SMARTS) is 1. The lowest BCUT2D eigenvalue weighted by atomic mass is 9.98. The van der Waals surface area contributed by atoms with E-state index in [0.29, 0.717) is 0 Å². The lowest BCUT2D eigenvalue weighted by Gasteiger charge is -2.16. The van der Waals surface area contributed by atoms with Gasteiger partial charge in [0, 0.05) is 5.56 Å². The highest BCUT2D eigenvalue weighted by molar-refractivity contribution is 5.79. The number of phenols is 1. The standard InChI is InChI=1S/C10H11FO4/c1-10(11,9(13)14)6-3-4-7(12)8(5-6)15-2/h3-5,12H,1-2H3,(H,13,14). The number of carbonyl (C=O) groups is 1. The summed E-state index contributed by atoms with van der Waals surface area (Å²) in [5.74, 6) is -1.71. The second-order valence-corrected chi connectivity index (χ2v) is 3.19. The summed E-state index contributed by atoms with van der Waals surface area (Å²) in [4.78, 5) is 10.6. The molecule has 1 aromatic rings. The first-order valence-corrected chi connectivity index (χ1v) is 4.19. The van der Waals surface area contributed by atoms with Crippen molar-refractivity contribution in [1.29, 1.82) is 0 Å². The van der Waals surface area contributed by atoms with Crippen molar-refractivity contribution >= 4 is 5.97 Å². The fourth-order valence-electron chi connectivity index (χ4n) is 1.09. The zero-order valence-electron chi connectivity index (χ0n) is 8.32. The molecule has 15 heavy (non-hydrogen) atoms. The summed E-state index contributed by atoms with van der Waals surface area (Å²) in [5.41, 5.74) is -2.58. The average molecular weight is 214 g/mol. The summed E-state index contributed by atoms with van der Waals surface area (Å²) < 4.78 is 18.4. The number of ether oxygens (including phenoxy) is 1. The molecule has 5 heteroatoms. The molecule has 0 spiro atoms. The molecule has 0 fully saturated rings. The monoisotopic (exact) mass is 214 g/mol. The summed E-state index contributed by atoms with van der Waals surface area (Å²) >= 11 is 0. The third kappa shape index (κ3) is 2.01. The number of phenolic OH excluding ortho intramolecular Hbond substituents is 1. The molecule has 0 aliphatic carbocycles. The van der Waals surface area contributed by atoms with Crippen molar-refractivity contribution in [3.63, 3.8) is 0 Å². The van der Waals surface area contributed by atoms with Crippen molar-refractivity contribution in [3.8, 4) is 11.5 Å². The van der Waals surface area contributed by atoms with E-state index in [1.165, 1.54) is 19.2 Å². The van der Waals surface area contributed by atoms with E-state index >= 15 is 0 Å². The molecule has 0 radical (unpaired) electrons. The summed E-state index contributed by atoms with van der Waals surface area (Å²) in [6, 6.07) is 3.55. The van der Waals surface area contributed by atoms with Gasteiger partial charge in [-0.2, -0.15) is 0 Å². The molecule has 0 saturated heterocycles. The summed E-state index contributed by atoms with van der Waals surface area (Å²) in [7, 11) is 1.30. The number of hydrogen-bond donors (Lipinski definition) is 2. The molecule has 1 atom stereocenters. The molecule has 0 saturated carbocycles. The molecule has 0 amide bonds. The lowest BCUT2D eigenvalue weighted by molar-refractivity contribution is -0.150. The first-order chi connectivity index (χ1) is 6.89. The minimum Gasteiger partial charge on any atom is -0.504 e. The van der Waals surface area contributed by atoms with E-state index in [9.17, 15) is 14.3 Å². The van der Waals surface area contributed by atoms with Crippen LogP contribution in [0.25, 0.3) is 0 Å². The normalized spacial score (nSPS) is 14.3. The Bertz CT molecular complexity index is 387. The Morgan fingerprint density at radius 3 is 2.60 bits per heavy atom. The number of methoxy groups -OCH3 is 1. The van der Waals surface area contributed by atoms with Gasteiger partial charge in [0.25, 0.3) is 0 Å². The molecule has 1 unspecified atom stereocenters. The molecule has 0 bridgehead atoms. The number of benzene rings is 1. The molecule has 0 aliphatic rings. The molecule has 0 aliphatic heterocycles. The smallest absolute Gasteiger partial charge is 0.345 e. The van der Waals surface area contributed by atoms with Gasteiger partial charge in [-0.05, 0) is 19.1 Å². The van der Waals surface area contributed by atoms with E-state index in [2.05, 4.69) is 0 Å². The predicted octanol–water partition coefficient (Wildman–Crippen LogP) is 1.67. The van der Waals surface area contributed by atoms with Crippen LogP contribution in [-0.2, 0) is 10.5 Å². The van der Waals surface area contributed by atoms with Gasteiger partial charge in [-0.15, -0.1) is 0 Å². The van der Waals surface area contributed by atoms with Crippen LogP contribution in [0.5, 0.6) is 11.5 Å². The number of halogens is 1. The van der Waals surface area contributed by atoms with Gasteiger partial charge < -0.3 is 14.9 Å². The largest absolute Gasteiger partial charge is 0.504 e. The second-order valence-electron chi connectivity index (χ2n) is 3.19. The molecule has 1 rings (SSSR count). The van der Waals surface area contributed by atoms with Crippen LogP contribution in [0.2, 0.25) is 0 Å². The topological polar surface area (TPSA) is 66.8 Å². The Labute approximate surface area is 85.9 Å². The number of hydrogen-bond acceptors (Lipinski definition) is 3. The minimum atomic E-state index is -2.50. The summed E-state index contributed by atoms with van der Waals surface area (Å²) in [6.07, 6.45) is 0.